The molecule has 2 rings (SSSR count). The minimum absolute atomic E-state index is 0.428. The zero-order valence-electron chi connectivity index (χ0n) is 7.47. The Morgan fingerprint density at radius 2 is 2.36 bits per heavy atom. The van der Waals surface area contributed by atoms with Crippen LogP contribution in [0.4, 0.5) is 5.82 Å². The van der Waals surface area contributed by atoms with E-state index in [4.69, 9.17) is 9.84 Å². The zero-order chi connectivity index (χ0) is 10.1. The van der Waals surface area contributed by atoms with E-state index in [2.05, 4.69) is 9.98 Å². The second-order valence-corrected chi connectivity index (χ2v) is 2.86. The van der Waals surface area contributed by atoms with Crippen LogP contribution in [0, 0.1) is 0 Å². The van der Waals surface area contributed by atoms with E-state index in [-0.39, 0.29) is 0 Å². The van der Waals surface area contributed by atoms with Crippen LogP contribution in [-0.4, -0.2) is 29.4 Å². The Kier molecular flexibility index (Phi) is 1.92. The first kappa shape index (κ1) is 8.68. The second kappa shape index (κ2) is 3.10. The van der Waals surface area contributed by atoms with Gasteiger partial charge in [0.1, 0.15) is 5.92 Å². The maximum absolute atomic E-state index is 10.8. The molecule has 0 aliphatic carbocycles. The van der Waals surface area contributed by atoms with E-state index in [0.717, 1.165) is 0 Å². The molecule has 1 atom stereocenters. The van der Waals surface area contributed by atoms with Crippen LogP contribution >= 0.6 is 0 Å². The monoisotopic (exact) mass is 192 g/mol. The predicted octanol–water partition coefficient (Wildman–Crippen LogP) is 0.974. The van der Waals surface area contributed by atoms with Crippen LogP contribution in [0.15, 0.2) is 17.1 Å². The van der Waals surface area contributed by atoms with Gasteiger partial charge in [-0.15, -0.1) is 0 Å². The van der Waals surface area contributed by atoms with Crippen molar-refractivity contribution in [1.82, 2.24) is 4.98 Å². The van der Waals surface area contributed by atoms with Crippen molar-refractivity contribution in [3.8, 4) is 5.88 Å². The molecule has 1 N–H and O–H groups in total. The molecular formula is C9H8N2O3. The molecule has 1 aromatic heterocycles. The quantitative estimate of drug-likeness (QED) is 0.757. The number of aliphatic carboxylic acids is 1. The van der Waals surface area contributed by atoms with Gasteiger partial charge in [-0.1, -0.05) is 0 Å². The van der Waals surface area contributed by atoms with E-state index in [1.165, 1.54) is 13.3 Å². The molecule has 0 saturated carbocycles. The maximum Gasteiger partial charge on any atom is 0.316 e. The molecule has 0 saturated heterocycles. The van der Waals surface area contributed by atoms with Gasteiger partial charge in [-0.2, -0.15) is 4.98 Å². The van der Waals surface area contributed by atoms with E-state index >= 15 is 0 Å². The molecule has 0 amide bonds. The Balaban J connectivity index is 2.43. The highest BCUT2D eigenvalue weighted by molar-refractivity contribution is 5.99. The van der Waals surface area contributed by atoms with Crippen molar-refractivity contribution in [3.63, 3.8) is 0 Å². The Morgan fingerprint density at radius 3 is 3.00 bits per heavy atom. The summed E-state index contributed by atoms with van der Waals surface area (Å²) >= 11 is 0. The average Bonchev–Trinajstić information content (AvgIpc) is 2.59. The molecule has 1 aliphatic heterocycles. The smallest absolute Gasteiger partial charge is 0.316 e. The number of ether oxygens (including phenoxy) is 1. The maximum atomic E-state index is 10.8. The second-order valence-electron chi connectivity index (χ2n) is 2.86. The third-order valence-electron chi connectivity index (χ3n) is 2.04. The lowest BCUT2D eigenvalue weighted by Gasteiger charge is -2.04. The Bertz CT molecular complexity index is 415. The Labute approximate surface area is 80.1 Å². The number of carboxylic acid groups (broad SMARTS) is 1. The number of methoxy groups -OCH3 is 1. The molecule has 0 radical (unpaired) electrons. The number of aliphatic imine (C=N–C) groups is 1. The fourth-order valence-corrected chi connectivity index (χ4v) is 1.32. The number of fused-ring (bicyclic) bond motifs is 1. The van der Waals surface area contributed by atoms with E-state index in [0.29, 0.717) is 17.3 Å². The number of rotatable bonds is 2. The standard InChI is InChI=1S/C9H8N2O3/c1-14-7-3-2-5-6(9(12)13)4-10-8(5)11-7/h2-4,6H,1H3,(H,12,13)/t6-/m0/s1. The SMILES string of the molecule is COc1ccc2c(n1)N=C[C@@H]2C(=O)O. The summed E-state index contributed by atoms with van der Waals surface area (Å²) in [4.78, 5) is 18.7. The summed E-state index contributed by atoms with van der Waals surface area (Å²) in [5.41, 5.74) is 0.610. The first-order chi connectivity index (χ1) is 6.72. The van der Waals surface area contributed by atoms with Crippen molar-refractivity contribution < 1.29 is 14.6 Å². The highest BCUT2D eigenvalue weighted by atomic mass is 16.5. The fourth-order valence-electron chi connectivity index (χ4n) is 1.32. The number of hydrogen-bond donors (Lipinski definition) is 1. The van der Waals surface area contributed by atoms with Crippen LogP contribution in [-0.2, 0) is 4.79 Å². The molecule has 5 nitrogen and oxygen atoms in total. The highest BCUT2D eigenvalue weighted by Crippen LogP contribution is 2.31. The lowest BCUT2D eigenvalue weighted by Crippen LogP contribution is -2.09. The minimum Gasteiger partial charge on any atom is -0.481 e. The summed E-state index contributed by atoms with van der Waals surface area (Å²) < 4.78 is 4.90. The molecular weight excluding hydrogens is 184 g/mol. The number of aromatic nitrogens is 1. The number of nitrogens with zero attached hydrogens (tertiary/aromatic N) is 2. The first-order valence-electron chi connectivity index (χ1n) is 4.04. The van der Waals surface area contributed by atoms with E-state index < -0.39 is 11.9 Å². The van der Waals surface area contributed by atoms with Crippen LogP contribution in [0.3, 0.4) is 0 Å². The molecule has 1 aromatic rings. The van der Waals surface area contributed by atoms with Gasteiger partial charge in [-0.05, 0) is 6.07 Å². The number of carbonyl (C=O) groups is 1. The third-order valence-corrected chi connectivity index (χ3v) is 2.04. The van der Waals surface area contributed by atoms with Gasteiger partial charge in [0, 0.05) is 17.8 Å². The van der Waals surface area contributed by atoms with Gasteiger partial charge in [-0.3, -0.25) is 4.79 Å². The zero-order valence-corrected chi connectivity index (χ0v) is 7.47. The first-order valence-corrected chi connectivity index (χ1v) is 4.04. The van der Waals surface area contributed by atoms with Gasteiger partial charge in [0.2, 0.25) is 5.88 Å². The average molecular weight is 192 g/mol. The van der Waals surface area contributed by atoms with Crippen LogP contribution in [0.2, 0.25) is 0 Å². The molecule has 0 aromatic carbocycles. The van der Waals surface area contributed by atoms with Gasteiger partial charge >= 0.3 is 5.97 Å². The third kappa shape index (κ3) is 1.22. The van der Waals surface area contributed by atoms with Gasteiger partial charge in [0.15, 0.2) is 5.82 Å². The van der Waals surface area contributed by atoms with Crippen LogP contribution in [0.5, 0.6) is 5.88 Å². The number of carboxylic acids is 1. The summed E-state index contributed by atoms with van der Waals surface area (Å²) in [6.45, 7) is 0. The highest BCUT2D eigenvalue weighted by Gasteiger charge is 2.26. The predicted molar refractivity (Wildman–Crippen MR) is 49.3 cm³/mol. The molecule has 0 unspecified atom stereocenters. The largest absolute Gasteiger partial charge is 0.481 e. The van der Waals surface area contributed by atoms with E-state index in [1.807, 2.05) is 0 Å². The summed E-state index contributed by atoms with van der Waals surface area (Å²) in [6.07, 6.45) is 1.37. The lowest BCUT2D eigenvalue weighted by atomic mass is 10.0. The Morgan fingerprint density at radius 1 is 1.57 bits per heavy atom. The Hall–Kier alpha value is -1.91. The van der Waals surface area contributed by atoms with Crippen LogP contribution in [0.25, 0.3) is 0 Å². The van der Waals surface area contributed by atoms with Crippen molar-refractivity contribution in [2.24, 2.45) is 4.99 Å². The van der Waals surface area contributed by atoms with Crippen molar-refractivity contribution in [2.45, 2.75) is 5.92 Å². The van der Waals surface area contributed by atoms with E-state index in [1.54, 1.807) is 12.1 Å². The van der Waals surface area contributed by atoms with Crippen LogP contribution in [0.1, 0.15) is 11.5 Å². The number of hydrogen-bond acceptors (Lipinski definition) is 4. The van der Waals surface area contributed by atoms with Crippen LogP contribution < -0.4 is 4.74 Å². The summed E-state index contributed by atoms with van der Waals surface area (Å²) in [5, 5.41) is 8.84. The van der Waals surface area contributed by atoms with Gasteiger partial charge in [-0.25, -0.2) is 4.99 Å². The fraction of sp³-hybridized carbons (Fsp3) is 0.222. The molecule has 0 fully saturated rings. The normalized spacial score (nSPS) is 17.9. The van der Waals surface area contributed by atoms with Gasteiger partial charge < -0.3 is 9.84 Å². The number of pyridine rings is 1. The van der Waals surface area contributed by atoms with Crippen molar-refractivity contribution in [1.29, 1.82) is 0 Å². The van der Waals surface area contributed by atoms with Crippen molar-refractivity contribution in [2.75, 3.05) is 7.11 Å². The topological polar surface area (TPSA) is 71.8 Å². The van der Waals surface area contributed by atoms with Crippen molar-refractivity contribution in [3.05, 3.63) is 17.7 Å². The lowest BCUT2D eigenvalue weighted by molar-refractivity contribution is -0.136. The molecule has 5 heteroatoms. The molecule has 72 valence electrons. The molecule has 14 heavy (non-hydrogen) atoms. The van der Waals surface area contributed by atoms with E-state index in [9.17, 15) is 4.79 Å². The summed E-state index contributed by atoms with van der Waals surface area (Å²) in [6, 6.07) is 3.30. The molecule has 2 heterocycles. The van der Waals surface area contributed by atoms with Crippen molar-refractivity contribution >= 4 is 18.0 Å². The summed E-state index contributed by atoms with van der Waals surface area (Å²) in [5.74, 6) is -0.730. The van der Waals surface area contributed by atoms with Gasteiger partial charge in [0.05, 0.1) is 7.11 Å². The molecule has 0 spiro atoms. The minimum atomic E-state index is -0.917. The molecule has 0 bridgehead atoms. The molecule has 1 aliphatic rings. The van der Waals surface area contributed by atoms with Gasteiger partial charge in [0.25, 0.3) is 0 Å². The summed E-state index contributed by atoms with van der Waals surface area (Å²) in [7, 11) is 1.50.